The molecule has 0 saturated heterocycles. The number of ether oxygens (including phenoxy) is 3. The Balaban J connectivity index is 0.00000169. The zero-order chi connectivity index (χ0) is 24.1. The Hall–Kier alpha value is -2.88. The summed E-state index contributed by atoms with van der Waals surface area (Å²) in [5.41, 5.74) is 3.96. The summed E-state index contributed by atoms with van der Waals surface area (Å²) in [5, 5.41) is 8.74. The van der Waals surface area contributed by atoms with E-state index in [0.717, 1.165) is 58.8 Å². The number of carbonyl (C=O) groups excluding carboxylic acids is 1. The van der Waals surface area contributed by atoms with Crippen molar-refractivity contribution in [1.29, 1.82) is 0 Å². The van der Waals surface area contributed by atoms with Crippen molar-refractivity contribution in [2.45, 2.75) is 36.0 Å². The summed E-state index contributed by atoms with van der Waals surface area (Å²) in [7, 11) is 0. The molecule has 0 aromatic heterocycles. The summed E-state index contributed by atoms with van der Waals surface area (Å²) < 4.78 is 16.3. The van der Waals surface area contributed by atoms with Gasteiger partial charge >= 0.3 is 0 Å². The number of fused-ring (bicyclic) bond motifs is 1. The average molecular weight is 529 g/mol. The van der Waals surface area contributed by atoms with Gasteiger partial charge in [0.25, 0.3) is 0 Å². The monoisotopic (exact) mass is 528 g/mol. The van der Waals surface area contributed by atoms with Gasteiger partial charge in [-0.05, 0) is 65.8 Å². The van der Waals surface area contributed by atoms with E-state index < -0.39 is 0 Å². The second-order valence-electron chi connectivity index (χ2n) is 9.01. The van der Waals surface area contributed by atoms with E-state index in [4.69, 9.17) is 19.3 Å². The van der Waals surface area contributed by atoms with Crippen LogP contribution >= 0.6 is 11.8 Å². The summed E-state index contributed by atoms with van der Waals surface area (Å²) in [5.74, 6) is 2.73. The Morgan fingerprint density at radius 2 is 1.73 bits per heavy atom. The van der Waals surface area contributed by atoms with Crippen LogP contribution in [-0.2, 0) is 21.4 Å². The van der Waals surface area contributed by atoms with Crippen molar-refractivity contribution in [3.63, 3.8) is 0 Å². The van der Waals surface area contributed by atoms with E-state index in [2.05, 4.69) is 36.4 Å². The number of rotatable bonds is 12. The molecule has 0 spiro atoms. The highest BCUT2D eigenvalue weighted by atomic mass is 32.2. The molecule has 1 aliphatic carbocycles. The number of benzene rings is 3. The maximum absolute atomic E-state index is 13.4. The van der Waals surface area contributed by atoms with Crippen molar-refractivity contribution >= 4 is 17.5 Å². The molecule has 1 fully saturated rings. The van der Waals surface area contributed by atoms with Gasteiger partial charge in [-0.25, -0.2) is 0 Å². The van der Waals surface area contributed by atoms with E-state index in [1.54, 1.807) is 11.8 Å². The highest BCUT2D eigenvalue weighted by molar-refractivity contribution is 7.99. The standard InChI is InChI=1S/C29H30O5S.2H2O.H2/c30-13-15-32-14-2-16-35-25-8-5-22(6-9-25)23-4-1-3-21(17-23)18-28(31)29(11-12-29)24-7-10-26-27(19-24)34-20-33-26;;;/h1,3-10,17,19,30H,2,11-16,18,20H2;2*1H2;1H. The molecule has 1 saturated carbocycles. The van der Waals surface area contributed by atoms with Gasteiger partial charge in [0.1, 0.15) is 5.78 Å². The van der Waals surface area contributed by atoms with Crippen LogP contribution in [0.1, 0.15) is 31.8 Å². The van der Waals surface area contributed by atoms with Gasteiger partial charge in [0.15, 0.2) is 11.5 Å². The van der Waals surface area contributed by atoms with Gasteiger partial charge in [-0.1, -0.05) is 42.5 Å². The van der Waals surface area contributed by atoms with Crippen LogP contribution in [0.4, 0.5) is 0 Å². The fourth-order valence-corrected chi connectivity index (χ4v) is 5.35. The third-order valence-corrected chi connectivity index (χ3v) is 7.72. The van der Waals surface area contributed by atoms with Gasteiger partial charge in [0, 0.05) is 25.1 Å². The van der Waals surface area contributed by atoms with Crippen molar-refractivity contribution in [2.75, 3.05) is 32.4 Å². The highest BCUT2D eigenvalue weighted by Crippen LogP contribution is 2.51. The van der Waals surface area contributed by atoms with Crippen LogP contribution in [-0.4, -0.2) is 54.2 Å². The van der Waals surface area contributed by atoms with Crippen molar-refractivity contribution in [2.24, 2.45) is 0 Å². The summed E-state index contributed by atoms with van der Waals surface area (Å²) in [4.78, 5) is 14.6. The first-order valence-electron chi connectivity index (χ1n) is 12.1. The predicted octanol–water partition coefficient (Wildman–Crippen LogP) is 4.01. The summed E-state index contributed by atoms with van der Waals surface area (Å²) in [6, 6.07) is 22.8. The number of carbonyl (C=O) groups is 1. The molecule has 3 aromatic rings. The van der Waals surface area contributed by atoms with Crippen LogP contribution in [0.2, 0.25) is 0 Å². The minimum Gasteiger partial charge on any atom is -0.454 e. The van der Waals surface area contributed by atoms with E-state index >= 15 is 0 Å². The largest absolute Gasteiger partial charge is 0.454 e. The van der Waals surface area contributed by atoms with Crippen LogP contribution in [0.25, 0.3) is 11.1 Å². The minimum atomic E-state index is -0.390. The zero-order valence-electron chi connectivity index (χ0n) is 20.7. The van der Waals surface area contributed by atoms with E-state index in [-0.39, 0.29) is 37.0 Å². The van der Waals surface area contributed by atoms with Crippen molar-refractivity contribution in [3.8, 4) is 22.6 Å². The molecule has 5 N–H and O–H groups in total. The molecule has 0 radical (unpaired) electrons. The number of hydrogen-bond donors (Lipinski definition) is 1. The van der Waals surface area contributed by atoms with Crippen LogP contribution in [0.15, 0.2) is 71.6 Å². The summed E-state index contributed by atoms with van der Waals surface area (Å²) >= 11 is 1.80. The fourth-order valence-electron chi connectivity index (χ4n) is 4.52. The summed E-state index contributed by atoms with van der Waals surface area (Å²) in [6.45, 7) is 1.40. The van der Waals surface area contributed by atoms with Gasteiger partial charge in [0.05, 0.1) is 18.6 Å². The first-order chi connectivity index (χ1) is 17.2. The van der Waals surface area contributed by atoms with Crippen LogP contribution < -0.4 is 9.47 Å². The molecular formula is C29H36O7S. The molecule has 0 unspecified atom stereocenters. The predicted molar refractivity (Wildman–Crippen MR) is 147 cm³/mol. The Morgan fingerprint density at radius 3 is 2.49 bits per heavy atom. The number of aliphatic hydroxyl groups is 1. The molecule has 200 valence electrons. The number of Topliss-reactive ketones (excluding diaryl/α,β-unsaturated/α-hetero) is 1. The van der Waals surface area contributed by atoms with Gasteiger partial charge in [-0.15, -0.1) is 11.8 Å². The third-order valence-electron chi connectivity index (χ3n) is 6.63. The first-order valence-corrected chi connectivity index (χ1v) is 13.1. The molecule has 0 atom stereocenters. The van der Waals surface area contributed by atoms with Crippen LogP contribution in [0, 0.1) is 0 Å². The zero-order valence-corrected chi connectivity index (χ0v) is 21.5. The van der Waals surface area contributed by atoms with Gasteiger partial charge in [0.2, 0.25) is 6.79 Å². The number of hydrogen-bond acceptors (Lipinski definition) is 6. The Kier molecular flexibility index (Phi) is 10.1. The quantitative estimate of drug-likeness (QED) is 0.279. The van der Waals surface area contributed by atoms with Gasteiger partial charge in [-0.2, -0.15) is 0 Å². The van der Waals surface area contributed by atoms with E-state index in [1.807, 2.05) is 30.3 Å². The van der Waals surface area contributed by atoms with Crippen molar-refractivity contribution in [3.05, 3.63) is 77.9 Å². The molecule has 0 bridgehead atoms. The highest BCUT2D eigenvalue weighted by Gasteiger charge is 2.50. The molecule has 1 heterocycles. The molecule has 37 heavy (non-hydrogen) atoms. The van der Waals surface area contributed by atoms with E-state index in [9.17, 15) is 4.79 Å². The number of ketones is 1. The second kappa shape index (κ2) is 13.1. The normalized spacial score (nSPS) is 14.4. The lowest BCUT2D eigenvalue weighted by molar-refractivity contribution is -0.120. The molecule has 2 aliphatic rings. The van der Waals surface area contributed by atoms with E-state index in [1.165, 1.54) is 4.90 Å². The van der Waals surface area contributed by atoms with E-state index in [0.29, 0.717) is 19.6 Å². The maximum Gasteiger partial charge on any atom is 0.231 e. The van der Waals surface area contributed by atoms with Crippen molar-refractivity contribution < 1.29 is 36.5 Å². The minimum absolute atomic E-state index is 0. The number of thioether (sulfide) groups is 1. The lowest BCUT2D eigenvalue weighted by Gasteiger charge is -2.15. The molecule has 1 aliphatic heterocycles. The Labute approximate surface area is 222 Å². The Morgan fingerprint density at radius 1 is 0.946 bits per heavy atom. The SMILES string of the molecule is O.O.O=C(Cc1cccc(-c2ccc(SCCCOCCO)cc2)c1)C1(c2ccc3c(c2)OCO3)CC1.[HH]. The maximum atomic E-state index is 13.4. The number of aliphatic hydroxyl groups excluding tert-OH is 1. The molecule has 5 rings (SSSR count). The topological polar surface area (TPSA) is 128 Å². The third kappa shape index (κ3) is 6.71. The first kappa shape index (κ1) is 28.7. The lowest BCUT2D eigenvalue weighted by Crippen LogP contribution is -2.22. The second-order valence-corrected chi connectivity index (χ2v) is 10.2. The average Bonchev–Trinajstić information content (AvgIpc) is 3.57. The van der Waals surface area contributed by atoms with Crippen molar-refractivity contribution in [1.82, 2.24) is 0 Å². The Bertz CT molecular complexity index is 1180. The smallest absolute Gasteiger partial charge is 0.231 e. The van der Waals surface area contributed by atoms with Gasteiger partial charge in [-0.3, -0.25) is 4.79 Å². The lowest BCUT2D eigenvalue weighted by atomic mass is 9.87. The molecule has 7 nitrogen and oxygen atoms in total. The van der Waals surface area contributed by atoms with Crippen LogP contribution in [0.5, 0.6) is 11.5 Å². The molecule has 8 heteroatoms. The molecule has 0 amide bonds. The molecular weight excluding hydrogens is 492 g/mol. The summed E-state index contributed by atoms with van der Waals surface area (Å²) in [6.07, 6.45) is 3.15. The molecule has 3 aromatic carbocycles. The fraction of sp³-hybridized carbons (Fsp3) is 0.345. The van der Waals surface area contributed by atoms with Crippen LogP contribution in [0.3, 0.4) is 0 Å². The van der Waals surface area contributed by atoms with Gasteiger partial charge < -0.3 is 30.3 Å².